The molecule has 0 spiro atoms. The summed E-state index contributed by atoms with van der Waals surface area (Å²) in [6.45, 7) is 0.278. The minimum absolute atomic E-state index is 0.242. The second kappa shape index (κ2) is 8.14. The molecule has 1 amide bonds. The topological polar surface area (TPSA) is 77.0 Å². The molecule has 0 unspecified atom stereocenters. The molecule has 6 heteroatoms. The number of nitrogens with one attached hydrogen (secondary N) is 1. The number of hydrogen-bond acceptors (Lipinski definition) is 5. The second-order valence-electron chi connectivity index (χ2n) is 7.52. The third-order valence-electron chi connectivity index (χ3n) is 5.52. The summed E-state index contributed by atoms with van der Waals surface area (Å²) in [4.78, 5) is 17.7. The van der Waals surface area contributed by atoms with Gasteiger partial charge in [0.15, 0.2) is 11.3 Å². The predicted molar refractivity (Wildman–Crippen MR) is 116 cm³/mol. The van der Waals surface area contributed by atoms with Crippen LogP contribution in [-0.2, 0) is 19.4 Å². The summed E-state index contributed by atoms with van der Waals surface area (Å²) in [6, 6.07) is 17.1. The van der Waals surface area contributed by atoms with Crippen LogP contribution in [-0.4, -0.2) is 13.0 Å². The number of fused-ring (bicyclic) bond motifs is 2. The van der Waals surface area contributed by atoms with Gasteiger partial charge in [0.1, 0.15) is 11.3 Å². The third kappa shape index (κ3) is 3.84. The van der Waals surface area contributed by atoms with Gasteiger partial charge in [-0.05, 0) is 66.8 Å². The van der Waals surface area contributed by atoms with Crippen molar-refractivity contribution in [3.05, 3.63) is 88.9 Å². The smallest absolute Gasteiger partial charge is 0.257 e. The van der Waals surface area contributed by atoms with Gasteiger partial charge in [-0.3, -0.25) is 4.79 Å². The van der Waals surface area contributed by atoms with Gasteiger partial charge in [0, 0.05) is 5.39 Å². The molecule has 0 saturated heterocycles. The summed E-state index contributed by atoms with van der Waals surface area (Å²) in [5.74, 6) is 0.972. The first-order chi connectivity index (χ1) is 15.2. The van der Waals surface area contributed by atoms with Crippen LogP contribution in [0.5, 0.6) is 5.75 Å². The number of para-hydroxylation sites is 1. The standard InChI is InChI=1S/C25H22N2O4/c1-29-22-9-3-7-18-14-21(24(28)26-15-20-8-4-12-30-20)25(31-23(18)22)27-19-11-10-16-5-2-6-17(16)13-19/h3-4,7-14H,2,5-6,15H2,1H3,(H,26,28). The number of methoxy groups -OCH3 is 1. The number of amides is 1. The van der Waals surface area contributed by atoms with E-state index in [0.29, 0.717) is 22.7 Å². The molecule has 0 saturated carbocycles. The molecule has 1 aliphatic rings. The Morgan fingerprint density at radius 2 is 2.00 bits per heavy atom. The molecule has 156 valence electrons. The fourth-order valence-electron chi connectivity index (χ4n) is 3.95. The zero-order valence-electron chi connectivity index (χ0n) is 17.2. The van der Waals surface area contributed by atoms with Crippen molar-refractivity contribution in [3.63, 3.8) is 0 Å². The highest BCUT2D eigenvalue weighted by Crippen LogP contribution is 2.27. The Morgan fingerprint density at radius 3 is 2.84 bits per heavy atom. The van der Waals surface area contributed by atoms with Crippen LogP contribution >= 0.6 is 0 Å². The monoisotopic (exact) mass is 414 g/mol. The van der Waals surface area contributed by atoms with E-state index in [0.717, 1.165) is 30.3 Å². The Balaban J connectivity index is 1.61. The van der Waals surface area contributed by atoms with Crippen molar-refractivity contribution < 1.29 is 18.4 Å². The van der Waals surface area contributed by atoms with E-state index in [9.17, 15) is 4.79 Å². The van der Waals surface area contributed by atoms with Crippen LogP contribution in [0.3, 0.4) is 0 Å². The van der Waals surface area contributed by atoms with Gasteiger partial charge in [0.25, 0.3) is 5.91 Å². The van der Waals surface area contributed by atoms with Crippen molar-refractivity contribution in [2.75, 3.05) is 7.11 Å². The minimum atomic E-state index is -0.287. The maximum absolute atomic E-state index is 13.0. The molecule has 1 aliphatic carbocycles. The van der Waals surface area contributed by atoms with Gasteiger partial charge in [-0.15, -0.1) is 0 Å². The average Bonchev–Trinajstić information content (AvgIpc) is 3.48. The Bertz CT molecular complexity index is 1320. The van der Waals surface area contributed by atoms with Crippen LogP contribution in [0, 0.1) is 0 Å². The van der Waals surface area contributed by atoms with E-state index in [1.165, 1.54) is 11.1 Å². The maximum atomic E-state index is 13.0. The van der Waals surface area contributed by atoms with Gasteiger partial charge >= 0.3 is 0 Å². The number of rotatable bonds is 5. The lowest BCUT2D eigenvalue weighted by Gasteiger charge is -2.08. The number of ether oxygens (including phenoxy) is 1. The van der Waals surface area contributed by atoms with Gasteiger partial charge in [0.05, 0.1) is 25.6 Å². The van der Waals surface area contributed by atoms with Crippen LogP contribution in [0.4, 0.5) is 5.69 Å². The highest BCUT2D eigenvalue weighted by Gasteiger charge is 2.16. The summed E-state index contributed by atoms with van der Waals surface area (Å²) < 4.78 is 16.9. The van der Waals surface area contributed by atoms with Crippen molar-refractivity contribution in [3.8, 4) is 5.75 Å². The van der Waals surface area contributed by atoms with Crippen LogP contribution < -0.4 is 15.6 Å². The highest BCUT2D eigenvalue weighted by atomic mass is 16.5. The van der Waals surface area contributed by atoms with E-state index < -0.39 is 0 Å². The van der Waals surface area contributed by atoms with E-state index >= 15 is 0 Å². The van der Waals surface area contributed by atoms with Gasteiger partial charge in [-0.25, -0.2) is 4.99 Å². The first-order valence-electron chi connectivity index (χ1n) is 10.3. The molecule has 2 aromatic carbocycles. The first kappa shape index (κ1) is 19.2. The number of carbonyl (C=O) groups excluding carboxylic acids is 1. The molecule has 0 bridgehead atoms. The maximum Gasteiger partial charge on any atom is 0.257 e. The lowest BCUT2D eigenvalue weighted by molar-refractivity contribution is 0.0944. The summed E-state index contributed by atoms with van der Waals surface area (Å²) in [7, 11) is 1.59. The van der Waals surface area contributed by atoms with E-state index in [-0.39, 0.29) is 18.0 Å². The normalized spacial score (nSPS) is 13.4. The Hall–Kier alpha value is -3.80. The molecule has 0 aliphatic heterocycles. The van der Waals surface area contributed by atoms with Crippen molar-refractivity contribution in [1.82, 2.24) is 5.32 Å². The molecule has 0 radical (unpaired) electrons. The largest absolute Gasteiger partial charge is 0.493 e. The van der Waals surface area contributed by atoms with Crippen LogP contribution in [0.15, 0.2) is 74.7 Å². The zero-order valence-corrected chi connectivity index (χ0v) is 17.2. The number of carbonyl (C=O) groups is 1. The fourth-order valence-corrected chi connectivity index (χ4v) is 3.95. The lowest BCUT2D eigenvalue weighted by Crippen LogP contribution is -2.28. The van der Waals surface area contributed by atoms with Crippen LogP contribution in [0.25, 0.3) is 11.0 Å². The number of furan rings is 1. The zero-order chi connectivity index (χ0) is 21.2. The summed E-state index contributed by atoms with van der Waals surface area (Å²) >= 11 is 0. The Labute approximate surface area is 179 Å². The van der Waals surface area contributed by atoms with Gasteiger partial charge in [-0.2, -0.15) is 0 Å². The van der Waals surface area contributed by atoms with E-state index in [1.54, 1.807) is 25.5 Å². The van der Waals surface area contributed by atoms with E-state index in [1.807, 2.05) is 30.3 Å². The summed E-state index contributed by atoms with van der Waals surface area (Å²) in [6.07, 6.45) is 4.90. The molecular weight excluding hydrogens is 392 g/mol. The van der Waals surface area contributed by atoms with Crippen molar-refractivity contribution in [2.45, 2.75) is 25.8 Å². The van der Waals surface area contributed by atoms with Crippen LogP contribution in [0.2, 0.25) is 0 Å². The fraction of sp³-hybridized carbons (Fsp3) is 0.200. The SMILES string of the molecule is COc1cccc2cc(C(=O)NCc3ccco3)c(=Nc3ccc4c(c3)CCC4)oc12. The van der Waals surface area contributed by atoms with E-state index in [2.05, 4.69) is 17.4 Å². The average molecular weight is 414 g/mol. The molecule has 0 fully saturated rings. The van der Waals surface area contributed by atoms with Crippen molar-refractivity contribution in [2.24, 2.45) is 4.99 Å². The van der Waals surface area contributed by atoms with Gasteiger partial charge in [0.2, 0.25) is 5.55 Å². The third-order valence-corrected chi connectivity index (χ3v) is 5.52. The van der Waals surface area contributed by atoms with E-state index in [4.69, 9.17) is 18.6 Å². The molecule has 4 aromatic rings. The molecule has 1 N–H and O–H groups in total. The second-order valence-corrected chi connectivity index (χ2v) is 7.52. The van der Waals surface area contributed by atoms with Crippen molar-refractivity contribution in [1.29, 1.82) is 0 Å². The minimum Gasteiger partial charge on any atom is -0.493 e. The molecule has 31 heavy (non-hydrogen) atoms. The Kier molecular flexibility index (Phi) is 5.04. The van der Waals surface area contributed by atoms with Crippen LogP contribution in [0.1, 0.15) is 33.7 Å². The number of hydrogen-bond donors (Lipinski definition) is 1. The molecule has 2 aromatic heterocycles. The van der Waals surface area contributed by atoms with Gasteiger partial charge in [-0.1, -0.05) is 18.2 Å². The number of aryl methyl sites for hydroxylation is 2. The predicted octanol–water partition coefficient (Wildman–Crippen LogP) is 4.69. The highest BCUT2D eigenvalue weighted by molar-refractivity contribution is 5.97. The molecular formula is C25H22N2O4. The lowest BCUT2D eigenvalue weighted by atomic mass is 10.1. The summed E-state index contributed by atoms with van der Waals surface area (Å²) in [5, 5.41) is 3.64. The molecule has 0 atom stereocenters. The number of nitrogens with zero attached hydrogens (tertiary/aromatic N) is 1. The summed E-state index contributed by atoms with van der Waals surface area (Å²) in [5.41, 5.74) is 4.59. The molecule has 5 rings (SSSR count). The van der Waals surface area contributed by atoms with Crippen molar-refractivity contribution >= 4 is 22.6 Å². The molecule has 2 heterocycles. The first-order valence-corrected chi connectivity index (χ1v) is 10.3. The Morgan fingerprint density at radius 1 is 1.10 bits per heavy atom. The number of benzene rings is 2. The molecule has 6 nitrogen and oxygen atoms in total. The quantitative estimate of drug-likeness (QED) is 0.514. The van der Waals surface area contributed by atoms with Gasteiger partial charge < -0.3 is 18.9 Å².